The van der Waals surface area contributed by atoms with Gasteiger partial charge in [-0.15, -0.1) is 21.5 Å². The molecule has 3 aromatic heterocycles. The lowest BCUT2D eigenvalue weighted by Gasteiger charge is -2.24. The van der Waals surface area contributed by atoms with Crippen LogP contribution in [0.3, 0.4) is 0 Å². The quantitative estimate of drug-likeness (QED) is 0.331. The zero-order chi connectivity index (χ0) is 23.1. The molecule has 2 aromatic carbocycles. The Hall–Kier alpha value is -3.07. The zero-order valence-corrected chi connectivity index (χ0v) is 19.9. The van der Waals surface area contributed by atoms with Gasteiger partial charge in [0.15, 0.2) is 11.5 Å². The summed E-state index contributed by atoms with van der Waals surface area (Å²) in [6.07, 6.45) is 0.946. The summed E-state index contributed by atoms with van der Waals surface area (Å²) in [7, 11) is 0. The van der Waals surface area contributed by atoms with Gasteiger partial charge in [-0.3, -0.25) is 4.90 Å². The molecule has 0 aliphatic carbocycles. The van der Waals surface area contributed by atoms with E-state index in [1.807, 2.05) is 41.8 Å². The number of hydrogen-bond donors (Lipinski definition) is 0. The molecule has 0 N–H and O–H groups in total. The van der Waals surface area contributed by atoms with Crippen LogP contribution in [0.4, 0.5) is 10.3 Å². The maximum absolute atomic E-state index is 14.2. The molecule has 5 aromatic rings. The Labute approximate surface area is 205 Å². The van der Waals surface area contributed by atoms with Crippen LogP contribution < -0.4 is 4.90 Å². The summed E-state index contributed by atoms with van der Waals surface area (Å²) in [5.41, 5.74) is 2.30. The maximum Gasteiger partial charge on any atom is 0.213 e. The zero-order valence-electron chi connectivity index (χ0n) is 18.4. The second-order valence-electron chi connectivity index (χ2n) is 8.44. The lowest BCUT2D eigenvalue weighted by molar-refractivity contribution is 0.281. The molecule has 9 heteroatoms. The molecule has 1 aliphatic heterocycles. The fraction of sp³-hybridized carbons (Fsp3) is 0.240. The summed E-state index contributed by atoms with van der Waals surface area (Å²) >= 11 is 7.93. The standard InChI is InChI=1S/C25H22ClFN6S/c26-18-8-9-19-21(15-18)28-25(33-23(19)29-30-24(33)22-7-3-14-34-22)32-11-4-10-31(12-13-32)16-17-5-1-2-6-20(17)27/h1-3,5-9,14-15H,4,10-13,16H2. The molecule has 0 bridgehead atoms. The number of halogens is 2. The second kappa shape index (κ2) is 8.94. The average molecular weight is 493 g/mol. The summed E-state index contributed by atoms with van der Waals surface area (Å²) in [5.74, 6) is 1.45. The fourth-order valence-electron chi connectivity index (χ4n) is 4.57. The lowest BCUT2D eigenvalue weighted by Crippen LogP contribution is -2.32. The summed E-state index contributed by atoms with van der Waals surface area (Å²) < 4.78 is 16.3. The molecule has 1 fully saturated rings. The Morgan fingerprint density at radius 3 is 2.74 bits per heavy atom. The van der Waals surface area contributed by atoms with E-state index in [1.54, 1.807) is 17.4 Å². The molecule has 0 radical (unpaired) electrons. The van der Waals surface area contributed by atoms with E-state index in [0.29, 0.717) is 11.6 Å². The predicted molar refractivity (Wildman–Crippen MR) is 135 cm³/mol. The van der Waals surface area contributed by atoms with Gasteiger partial charge in [0.05, 0.1) is 10.4 Å². The SMILES string of the molecule is Fc1ccccc1CN1CCCN(c2nc3cc(Cl)ccc3c3nnc(-c4cccs4)n23)CC1. The molecule has 6 nitrogen and oxygen atoms in total. The first-order chi connectivity index (χ1) is 16.7. The summed E-state index contributed by atoms with van der Waals surface area (Å²) in [4.78, 5) is 10.7. The van der Waals surface area contributed by atoms with Gasteiger partial charge in [0.2, 0.25) is 5.95 Å². The van der Waals surface area contributed by atoms with Crippen LogP contribution in [0.5, 0.6) is 0 Å². The molecule has 34 heavy (non-hydrogen) atoms. The largest absolute Gasteiger partial charge is 0.341 e. The number of fused-ring (bicyclic) bond motifs is 3. The topological polar surface area (TPSA) is 49.6 Å². The first-order valence-corrected chi connectivity index (χ1v) is 12.5. The Kier molecular flexibility index (Phi) is 5.64. The van der Waals surface area contributed by atoms with E-state index >= 15 is 0 Å². The van der Waals surface area contributed by atoms with E-state index in [1.165, 1.54) is 6.07 Å². The third-order valence-electron chi connectivity index (χ3n) is 6.25. The highest BCUT2D eigenvalue weighted by Gasteiger charge is 2.23. The van der Waals surface area contributed by atoms with Crippen molar-refractivity contribution in [2.45, 2.75) is 13.0 Å². The van der Waals surface area contributed by atoms with Crippen LogP contribution in [0.15, 0.2) is 60.0 Å². The van der Waals surface area contributed by atoms with E-state index in [4.69, 9.17) is 16.6 Å². The number of benzene rings is 2. The minimum Gasteiger partial charge on any atom is -0.341 e. The van der Waals surface area contributed by atoms with Gasteiger partial charge in [0.1, 0.15) is 5.82 Å². The first kappa shape index (κ1) is 21.5. The fourth-order valence-corrected chi connectivity index (χ4v) is 5.43. The lowest BCUT2D eigenvalue weighted by atomic mass is 10.2. The molecule has 0 amide bonds. The van der Waals surface area contributed by atoms with Crippen molar-refractivity contribution in [2.24, 2.45) is 0 Å². The van der Waals surface area contributed by atoms with Gasteiger partial charge >= 0.3 is 0 Å². The number of nitrogens with zero attached hydrogens (tertiary/aromatic N) is 6. The van der Waals surface area contributed by atoms with Crippen LogP contribution in [-0.4, -0.2) is 50.7 Å². The first-order valence-electron chi connectivity index (χ1n) is 11.3. The van der Waals surface area contributed by atoms with E-state index in [2.05, 4.69) is 30.5 Å². The van der Waals surface area contributed by atoms with Crippen molar-refractivity contribution in [3.8, 4) is 10.7 Å². The Morgan fingerprint density at radius 1 is 0.971 bits per heavy atom. The third-order valence-corrected chi connectivity index (χ3v) is 7.35. The van der Waals surface area contributed by atoms with E-state index < -0.39 is 0 Å². The van der Waals surface area contributed by atoms with Crippen LogP contribution in [-0.2, 0) is 6.54 Å². The summed E-state index contributed by atoms with van der Waals surface area (Å²) in [5, 5.41) is 12.7. The van der Waals surface area contributed by atoms with Crippen molar-refractivity contribution < 1.29 is 4.39 Å². The number of thiophene rings is 1. The minimum atomic E-state index is -0.150. The number of aromatic nitrogens is 4. The molecule has 6 rings (SSSR count). The normalized spacial score (nSPS) is 15.3. The van der Waals surface area contributed by atoms with Gasteiger partial charge in [0.25, 0.3) is 0 Å². The number of rotatable bonds is 4. The van der Waals surface area contributed by atoms with Crippen LogP contribution in [0.2, 0.25) is 5.02 Å². The minimum absolute atomic E-state index is 0.150. The van der Waals surface area contributed by atoms with E-state index in [-0.39, 0.29) is 5.82 Å². The van der Waals surface area contributed by atoms with Crippen molar-refractivity contribution in [3.05, 3.63) is 76.4 Å². The smallest absolute Gasteiger partial charge is 0.213 e. The molecule has 0 spiro atoms. The van der Waals surface area contributed by atoms with Crippen molar-refractivity contribution >= 4 is 45.4 Å². The number of anilines is 1. The van der Waals surface area contributed by atoms with E-state index in [9.17, 15) is 4.39 Å². The van der Waals surface area contributed by atoms with Crippen LogP contribution in [0.25, 0.3) is 27.3 Å². The van der Waals surface area contributed by atoms with Gasteiger partial charge in [0, 0.05) is 48.7 Å². The van der Waals surface area contributed by atoms with E-state index in [0.717, 1.165) is 71.4 Å². The second-order valence-corrected chi connectivity index (χ2v) is 9.83. The predicted octanol–water partition coefficient (Wildman–Crippen LogP) is 5.51. The molecule has 0 atom stereocenters. The summed E-state index contributed by atoms with van der Waals surface area (Å²) in [6, 6.07) is 16.8. The molecule has 0 saturated carbocycles. The van der Waals surface area contributed by atoms with Crippen molar-refractivity contribution in [1.82, 2.24) is 24.5 Å². The highest BCUT2D eigenvalue weighted by molar-refractivity contribution is 7.13. The highest BCUT2D eigenvalue weighted by Crippen LogP contribution is 2.31. The Balaban J connectivity index is 1.39. The molecule has 1 saturated heterocycles. The average Bonchev–Trinajstić information content (AvgIpc) is 3.46. The molecule has 4 heterocycles. The number of hydrogen-bond acceptors (Lipinski definition) is 6. The van der Waals surface area contributed by atoms with Crippen LogP contribution in [0.1, 0.15) is 12.0 Å². The third kappa shape index (κ3) is 3.91. The molecule has 1 aliphatic rings. The van der Waals surface area contributed by atoms with Gasteiger partial charge in [-0.25, -0.2) is 13.8 Å². The maximum atomic E-state index is 14.2. The van der Waals surface area contributed by atoms with Crippen molar-refractivity contribution in [2.75, 3.05) is 31.1 Å². The molecular formula is C25H22ClFN6S. The molecule has 0 unspecified atom stereocenters. The highest BCUT2D eigenvalue weighted by atomic mass is 35.5. The Morgan fingerprint density at radius 2 is 1.88 bits per heavy atom. The monoisotopic (exact) mass is 492 g/mol. The van der Waals surface area contributed by atoms with Gasteiger partial charge in [-0.1, -0.05) is 35.9 Å². The van der Waals surface area contributed by atoms with Gasteiger partial charge < -0.3 is 4.90 Å². The van der Waals surface area contributed by atoms with Gasteiger partial charge in [-0.05, 0) is 42.1 Å². The van der Waals surface area contributed by atoms with Crippen molar-refractivity contribution in [3.63, 3.8) is 0 Å². The van der Waals surface area contributed by atoms with Crippen molar-refractivity contribution in [1.29, 1.82) is 0 Å². The van der Waals surface area contributed by atoms with Crippen LogP contribution >= 0.6 is 22.9 Å². The Bertz CT molecular complexity index is 1470. The summed E-state index contributed by atoms with van der Waals surface area (Å²) in [6.45, 7) is 3.91. The molecular weight excluding hydrogens is 471 g/mol. The van der Waals surface area contributed by atoms with Crippen LogP contribution in [0, 0.1) is 5.82 Å². The molecule has 172 valence electrons. The van der Waals surface area contributed by atoms with Gasteiger partial charge in [-0.2, -0.15) is 0 Å².